The first kappa shape index (κ1) is 14.9. The minimum Gasteiger partial charge on any atom is -0.378 e. The van der Waals surface area contributed by atoms with Gasteiger partial charge in [-0.15, -0.1) is 11.8 Å². The van der Waals surface area contributed by atoms with Gasteiger partial charge in [-0.2, -0.15) is 0 Å². The average molecular weight is 279 g/mol. The van der Waals surface area contributed by atoms with E-state index in [1.807, 2.05) is 11.8 Å². The van der Waals surface area contributed by atoms with Crippen molar-refractivity contribution >= 4 is 11.8 Å². The molecule has 1 aromatic rings. The summed E-state index contributed by atoms with van der Waals surface area (Å²) in [5, 5.41) is 0. The van der Waals surface area contributed by atoms with Crippen LogP contribution in [0.3, 0.4) is 0 Å². The second kappa shape index (κ2) is 7.93. The predicted octanol–water partition coefficient (Wildman–Crippen LogP) is 3.76. The van der Waals surface area contributed by atoms with Crippen molar-refractivity contribution in [3.8, 4) is 0 Å². The summed E-state index contributed by atoms with van der Waals surface area (Å²) in [7, 11) is 0. The van der Waals surface area contributed by atoms with Crippen molar-refractivity contribution in [3.63, 3.8) is 0 Å². The summed E-state index contributed by atoms with van der Waals surface area (Å²) in [5.74, 6) is 1.01. The maximum absolute atomic E-state index is 6.19. The van der Waals surface area contributed by atoms with E-state index in [0.717, 1.165) is 18.8 Å². The Bertz CT molecular complexity index is 377. The lowest BCUT2D eigenvalue weighted by Gasteiger charge is -2.14. The number of benzene rings is 1. The molecule has 0 saturated carbocycles. The van der Waals surface area contributed by atoms with Gasteiger partial charge < -0.3 is 10.5 Å². The molecule has 2 unspecified atom stereocenters. The molecule has 0 aliphatic carbocycles. The summed E-state index contributed by atoms with van der Waals surface area (Å²) < 4.78 is 5.63. The van der Waals surface area contributed by atoms with Gasteiger partial charge in [0.2, 0.25) is 0 Å². The molecule has 0 aromatic heterocycles. The summed E-state index contributed by atoms with van der Waals surface area (Å²) in [4.78, 5) is 1.36. The summed E-state index contributed by atoms with van der Waals surface area (Å²) in [6.45, 7) is 3.12. The van der Waals surface area contributed by atoms with E-state index in [1.165, 1.54) is 36.1 Å². The number of hydrogen-bond acceptors (Lipinski definition) is 3. The molecule has 106 valence electrons. The molecule has 2 nitrogen and oxygen atoms in total. The molecule has 1 aromatic carbocycles. The Labute approximate surface area is 121 Å². The van der Waals surface area contributed by atoms with Gasteiger partial charge in [0.15, 0.2) is 0 Å². The number of thioether (sulfide) groups is 1. The van der Waals surface area contributed by atoms with E-state index in [-0.39, 0.29) is 0 Å². The zero-order valence-corrected chi connectivity index (χ0v) is 12.6. The molecule has 0 radical (unpaired) electrons. The fraction of sp³-hybridized carbons (Fsp3) is 0.625. The molecular weight excluding hydrogens is 254 g/mol. The monoisotopic (exact) mass is 279 g/mol. The number of ether oxygens (including phenoxy) is 1. The van der Waals surface area contributed by atoms with Gasteiger partial charge in [-0.3, -0.25) is 0 Å². The molecule has 2 atom stereocenters. The summed E-state index contributed by atoms with van der Waals surface area (Å²) in [6, 6.07) is 8.81. The van der Waals surface area contributed by atoms with Crippen LogP contribution in [0.15, 0.2) is 29.2 Å². The van der Waals surface area contributed by atoms with E-state index < -0.39 is 0 Å². The third kappa shape index (κ3) is 5.17. The summed E-state index contributed by atoms with van der Waals surface area (Å²) >= 11 is 1.88. The Morgan fingerprint density at radius 2 is 2.26 bits per heavy atom. The van der Waals surface area contributed by atoms with Crippen LogP contribution in [0.2, 0.25) is 0 Å². The molecule has 0 spiro atoms. The van der Waals surface area contributed by atoms with Gasteiger partial charge in [0.1, 0.15) is 0 Å². The van der Waals surface area contributed by atoms with E-state index in [9.17, 15) is 0 Å². The first-order valence-electron chi connectivity index (χ1n) is 7.31. The van der Waals surface area contributed by atoms with Crippen LogP contribution < -0.4 is 5.73 Å². The van der Waals surface area contributed by atoms with E-state index in [2.05, 4.69) is 31.2 Å². The van der Waals surface area contributed by atoms with Crippen LogP contribution >= 0.6 is 11.8 Å². The van der Waals surface area contributed by atoms with Crippen LogP contribution in [-0.4, -0.2) is 24.5 Å². The first-order valence-corrected chi connectivity index (χ1v) is 8.30. The van der Waals surface area contributed by atoms with Crippen molar-refractivity contribution in [1.29, 1.82) is 0 Å². The molecule has 0 amide bonds. The number of nitrogens with two attached hydrogens (primary N) is 1. The smallest absolute Gasteiger partial charge is 0.0576 e. The Balaban J connectivity index is 1.61. The fourth-order valence-electron chi connectivity index (χ4n) is 2.48. The lowest BCUT2D eigenvalue weighted by atomic mass is 10.1. The molecule has 1 aliphatic rings. The molecule has 2 N–H and O–H groups in total. The molecule has 1 heterocycles. The minimum atomic E-state index is 0.297. The van der Waals surface area contributed by atoms with Crippen molar-refractivity contribution in [2.75, 3.05) is 12.4 Å². The van der Waals surface area contributed by atoms with E-state index >= 15 is 0 Å². The zero-order chi connectivity index (χ0) is 13.5. The van der Waals surface area contributed by atoms with Gasteiger partial charge >= 0.3 is 0 Å². The third-order valence-corrected chi connectivity index (χ3v) is 5.04. The van der Waals surface area contributed by atoms with Gasteiger partial charge in [0, 0.05) is 23.3 Å². The molecule has 0 bridgehead atoms. The topological polar surface area (TPSA) is 35.2 Å². The van der Waals surface area contributed by atoms with Crippen molar-refractivity contribution in [1.82, 2.24) is 0 Å². The average Bonchev–Trinajstić information content (AvgIpc) is 2.91. The Hall–Kier alpha value is -0.510. The van der Waals surface area contributed by atoms with E-state index in [1.54, 1.807) is 0 Å². The molecular formula is C16H25NOS. The van der Waals surface area contributed by atoms with Crippen molar-refractivity contribution < 1.29 is 4.74 Å². The van der Waals surface area contributed by atoms with Crippen LogP contribution in [-0.2, 0) is 4.74 Å². The standard InChI is InChI=1S/C16H25NOS/c1-13-6-2-3-10-16(13)19-12-14(17)7-4-8-15-9-5-11-18-15/h2-3,6,10,14-15H,4-5,7-9,11-12,17H2,1H3. The van der Waals surface area contributed by atoms with E-state index in [0.29, 0.717) is 12.1 Å². The second-order valence-corrected chi connectivity index (χ2v) is 6.46. The summed E-state index contributed by atoms with van der Waals surface area (Å²) in [6.07, 6.45) is 6.48. The SMILES string of the molecule is Cc1ccccc1SCC(N)CCCC1CCCO1. The van der Waals surface area contributed by atoms with Crippen LogP contribution in [0.5, 0.6) is 0 Å². The van der Waals surface area contributed by atoms with Crippen molar-refractivity contribution in [2.24, 2.45) is 5.73 Å². The van der Waals surface area contributed by atoms with Crippen LogP contribution in [0.1, 0.15) is 37.7 Å². The Morgan fingerprint density at radius 3 is 3.00 bits per heavy atom. The van der Waals surface area contributed by atoms with Gasteiger partial charge in [0.05, 0.1) is 6.10 Å². The van der Waals surface area contributed by atoms with Crippen molar-refractivity contribution in [3.05, 3.63) is 29.8 Å². The normalized spacial score (nSPS) is 20.6. The molecule has 1 aliphatic heterocycles. The predicted molar refractivity (Wildman–Crippen MR) is 82.7 cm³/mol. The number of rotatable bonds is 7. The Kier molecular flexibility index (Phi) is 6.21. The maximum Gasteiger partial charge on any atom is 0.0576 e. The molecule has 1 saturated heterocycles. The van der Waals surface area contributed by atoms with Gasteiger partial charge in [-0.05, 0) is 50.7 Å². The van der Waals surface area contributed by atoms with Crippen LogP contribution in [0, 0.1) is 6.92 Å². The van der Waals surface area contributed by atoms with Gasteiger partial charge in [0.25, 0.3) is 0 Å². The second-order valence-electron chi connectivity index (χ2n) is 5.40. The lowest BCUT2D eigenvalue weighted by molar-refractivity contribution is 0.102. The first-order chi connectivity index (χ1) is 9.25. The fourth-order valence-corrected chi connectivity index (χ4v) is 3.51. The van der Waals surface area contributed by atoms with Crippen LogP contribution in [0.4, 0.5) is 0 Å². The maximum atomic E-state index is 6.19. The highest BCUT2D eigenvalue weighted by molar-refractivity contribution is 7.99. The summed E-state index contributed by atoms with van der Waals surface area (Å²) in [5.41, 5.74) is 7.54. The molecule has 3 heteroatoms. The van der Waals surface area contributed by atoms with Crippen molar-refractivity contribution in [2.45, 2.75) is 56.1 Å². The number of aryl methyl sites for hydroxylation is 1. The largest absolute Gasteiger partial charge is 0.378 e. The minimum absolute atomic E-state index is 0.297. The third-order valence-electron chi connectivity index (χ3n) is 3.67. The van der Waals surface area contributed by atoms with Gasteiger partial charge in [-0.25, -0.2) is 0 Å². The highest BCUT2D eigenvalue weighted by Gasteiger charge is 2.15. The van der Waals surface area contributed by atoms with Gasteiger partial charge in [-0.1, -0.05) is 18.2 Å². The quantitative estimate of drug-likeness (QED) is 0.772. The molecule has 1 fully saturated rings. The highest BCUT2D eigenvalue weighted by atomic mass is 32.2. The van der Waals surface area contributed by atoms with Crippen LogP contribution in [0.25, 0.3) is 0 Å². The molecule has 19 heavy (non-hydrogen) atoms. The Morgan fingerprint density at radius 1 is 1.42 bits per heavy atom. The zero-order valence-electron chi connectivity index (χ0n) is 11.8. The highest BCUT2D eigenvalue weighted by Crippen LogP contribution is 2.23. The lowest BCUT2D eigenvalue weighted by Crippen LogP contribution is -2.23. The van der Waals surface area contributed by atoms with E-state index in [4.69, 9.17) is 10.5 Å². The molecule has 2 rings (SSSR count). The number of hydrogen-bond donors (Lipinski definition) is 1.